The summed E-state index contributed by atoms with van der Waals surface area (Å²) < 4.78 is 31.6. The predicted molar refractivity (Wildman–Crippen MR) is 128 cm³/mol. The lowest BCUT2D eigenvalue weighted by molar-refractivity contribution is -0.116. The van der Waals surface area contributed by atoms with Crippen LogP contribution < -0.4 is 10.1 Å². The van der Waals surface area contributed by atoms with Crippen LogP contribution in [0.5, 0.6) is 5.75 Å². The minimum absolute atomic E-state index is 0.0879. The normalized spacial score (nSPS) is 11.3. The molecule has 3 aromatic carbocycles. The molecule has 1 N–H and O–H groups in total. The zero-order valence-electron chi connectivity index (χ0n) is 17.7. The lowest BCUT2D eigenvalue weighted by Crippen LogP contribution is -2.35. The fraction of sp³-hybridized carbons (Fsp3) is 0.130. The predicted octanol–water partition coefficient (Wildman–Crippen LogP) is 4.49. The largest absolute Gasteiger partial charge is 0.495 e. The van der Waals surface area contributed by atoms with Crippen LogP contribution in [-0.4, -0.2) is 45.1 Å². The molecule has 0 radical (unpaired) electrons. The maximum Gasteiger partial charge on any atom is 0.243 e. The molecule has 0 spiro atoms. The summed E-state index contributed by atoms with van der Waals surface area (Å²) in [6, 6.07) is 17.0. The second-order valence-corrected chi connectivity index (χ2v) is 9.88. The fourth-order valence-corrected chi connectivity index (χ4v) is 4.67. The number of hydrogen-bond donors (Lipinski definition) is 1. The Hall–Kier alpha value is -2.91. The summed E-state index contributed by atoms with van der Waals surface area (Å²) in [7, 11) is -1.32. The Morgan fingerprint density at radius 1 is 1.00 bits per heavy atom. The number of anilines is 1. The van der Waals surface area contributed by atoms with Crippen LogP contribution in [0.2, 0.25) is 10.0 Å². The van der Waals surface area contributed by atoms with Crippen LogP contribution in [0.15, 0.2) is 71.6 Å². The van der Waals surface area contributed by atoms with Gasteiger partial charge in [0.05, 0.1) is 29.3 Å². The van der Waals surface area contributed by atoms with E-state index >= 15 is 0 Å². The lowest BCUT2D eigenvalue weighted by Gasteiger charge is -2.18. The molecule has 0 bridgehead atoms. The average molecular weight is 507 g/mol. The summed E-state index contributed by atoms with van der Waals surface area (Å²) in [6.07, 6.45) is 0. The number of methoxy groups -OCH3 is 1. The zero-order chi connectivity index (χ0) is 24.2. The molecule has 7 nitrogen and oxygen atoms in total. The molecule has 172 valence electrons. The zero-order valence-corrected chi connectivity index (χ0v) is 20.0. The first-order chi connectivity index (χ1) is 15.6. The highest BCUT2D eigenvalue weighted by atomic mass is 35.5. The van der Waals surface area contributed by atoms with E-state index in [2.05, 4.69) is 5.32 Å². The molecule has 0 saturated carbocycles. The number of carbonyl (C=O) groups excluding carboxylic acids is 2. The molecule has 10 heteroatoms. The van der Waals surface area contributed by atoms with Crippen LogP contribution >= 0.6 is 23.2 Å². The van der Waals surface area contributed by atoms with Crippen LogP contribution in [0.25, 0.3) is 0 Å². The highest BCUT2D eigenvalue weighted by Gasteiger charge is 2.25. The van der Waals surface area contributed by atoms with Crippen LogP contribution in [0.1, 0.15) is 15.9 Å². The third kappa shape index (κ3) is 5.72. The molecule has 0 aliphatic heterocycles. The van der Waals surface area contributed by atoms with Crippen molar-refractivity contribution in [3.05, 3.63) is 87.9 Å². The summed E-state index contributed by atoms with van der Waals surface area (Å²) in [5, 5.41) is 3.05. The van der Waals surface area contributed by atoms with Crippen molar-refractivity contribution in [1.82, 2.24) is 4.31 Å². The highest BCUT2D eigenvalue weighted by Crippen LogP contribution is 2.28. The number of nitrogens with one attached hydrogen (secondary N) is 1. The minimum Gasteiger partial charge on any atom is -0.495 e. The van der Waals surface area contributed by atoms with Gasteiger partial charge >= 0.3 is 0 Å². The van der Waals surface area contributed by atoms with E-state index in [-0.39, 0.29) is 27.0 Å². The van der Waals surface area contributed by atoms with Gasteiger partial charge in [0.15, 0.2) is 5.78 Å². The molecule has 3 aromatic rings. The molecule has 0 aliphatic rings. The Morgan fingerprint density at radius 2 is 1.70 bits per heavy atom. The number of ether oxygens (including phenoxy) is 1. The van der Waals surface area contributed by atoms with Gasteiger partial charge in [-0.2, -0.15) is 4.31 Å². The Balaban J connectivity index is 1.79. The van der Waals surface area contributed by atoms with E-state index in [1.807, 2.05) is 0 Å². The van der Waals surface area contributed by atoms with Gasteiger partial charge in [-0.15, -0.1) is 0 Å². The van der Waals surface area contributed by atoms with Gasteiger partial charge in [-0.25, -0.2) is 8.42 Å². The molecule has 0 fully saturated rings. The highest BCUT2D eigenvalue weighted by molar-refractivity contribution is 7.89. The quantitative estimate of drug-likeness (QED) is 0.454. The molecule has 1 amide bonds. The van der Waals surface area contributed by atoms with E-state index in [0.717, 1.165) is 4.31 Å². The third-order valence-electron chi connectivity index (χ3n) is 4.73. The Morgan fingerprint density at radius 3 is 2.33 bits per heavy atom. The molecular formula is C23H20Cl2N2O5S. The summed E-state index contributed by atoms with van der Waals surface area (Å²) in [5.41, 5.74) is 0.831. The van der Waals surface area contributed by atoms with Crippen molar-refractivity contribution in [2.45, 2.75) is 4.90 Å². The number of sulfonamides is 1. The maximum absolute atomic E-state index is 12.9. The van der Waals surface area contributed by atoms with E-state index < -0.39 is 22.5 Å². The van der Waals surface area contributed by atoms with Crippen LogP contribution in [0, 0.1) is 0 Å². The number of hydrogen-bond acceptors (Lipinski definition) is 5. The van der Waals surface area contributed by atoms with Crippen LogP contribution in [0.4, 0.5) is 5.69 Å². The number of nitrogens with zero attached hydrogens (tertiary/aromatic N) is 1. The molecule has 0 atom stereocenters. The second kappa shape index (κ2) is 10.4. The number of halogens is 2. The number of amides is 1. The van der Waals surface area contributed by atoms with Crippen molar-refractivity contribution in [1.29, 1.82) is 0 Å². The van der Waals surface area contributed by atoms with Gasteiger partial charge in [0, 0.05) is 23.2 Å². The van der Waals surface area contributed by atoms with Gasteiger partial charge in [0.1, 0.15) is 5.75 Å². The smallest absolute Gasteiger partial charge is 0.243 e. The summed E-state index contributed by atoms with van der Waals surface area (Å²) in [6.45, 7) is -0.492. The first-order valence-corrected chi connectivity index (χ1v) is 11.8. The molecule has 0 saturated heterocycles. The number of benzene rings is 3. The number of carbonyl (C=O) groups is 2. The van der Waals surface area contributed by atoms with Crippen molar-refractivity contribution < 1.29 is 22.7 Å². The van der Waals surface area contributed by atoms with E-state index in [4.69, 9.17) is 27.9 Å². The first kappa shape index (κ1) is 24.7. The Kier molecular flexibility index (Phi) is 7.76. The van der Waals surface area contributed by atoms with Crippen molar-refractivity contribution in [2.75, 3.05) is 26.0 Å². The average Bonchev–Trinajstić information content (AvgIpc) is 2.80. The third-order valence-corrected chi connectivity index (χ3v) is 7.06. The molecule has 33 heavy (non-hydrogen) atoms. The van der Waals surface area contributed by atoms with Gasteiger partial charge in [-0.1, -0.05) is 53.5 Å². The van der Waals surface area contributed by atoms with Crippen molar-refractivity contribution in [3.8, 4) is 5.75 Å². The minimum atomic E-state index is -4.01. The molecule has 0 heterocycles. The maximum atomic E-state index is 12.9. The molecule has 0 aliphatic carbocycles. The summed E-state index contributed by atoms with van der Waals surface area (Å²) in [5.74, 6) is -0.637. The van der Waals surface area contributed by atoms with Gasteiger partial charge < -0.3 is 10.1 Å². The molecule has 3 rings (SSSR count). The van der Waals surface area contributed by atoms with Gasteiger partial charge in [-0.05, 0) is 36.4 Å². The van der Waals surface area contributed by atoms with Crippen molar-refractivity contribution in [2.24, 2.45) is 0 Å². The Labute approximate surface area is 201 Å². The molecule has 0 unspecified atom stereocenters. The van der Waals surface area contributed by atoms with E-state index in [0.29, 0.717) is 16.3 Å². The van der Waals surface area contributed by atoms with Crippen molar-refractivity contribution in [3.63, 3.8) is 0 Å². The molecule has 0 aromatic heterocycles. The summed E-state index contributed by atoms with van der Waals surface area (Å²) >= 11 is 12.1. The van der Waals surface area contributed by atoms with Crippen molar-refractivity contribution >= 4 is 50.6 Å². The van der Waals surface area contributed by atoms with Crippen LogP contribution in [-0.2, 0) is 14.8 Å². The number of ketones is 1. The number of likely N-dealkylation sites (N-methyl/N-ethyl adjacent to an activating group) is 1. The van der Waals surface area contributed by atoms with E-state index in [9.17, 15) is 18.0 Å². The van der Waals surface area contributed by atoms with E-state index in [1.165, 1.54) is 50.6 Å². The van der Waals surface area contributed by atoms with Gasteiger partial charge in [-0.3, -0.25) is 9.59 Å². The first-order valence-electron chi connectivity index (χ1n) is 9.62. The van der Waals surface area contributed by atoms with Gasteiger partial charge in [0.25, 0.3) is 0 Å². The topological polar surface area (TPSA) is 92.8 Å². The van der Waals surface area contributed by atoms with E-state index in [1.54, 1.807) is 30.3 Å². The van der Waals surface area contributed by atoms with Gasteiger partial charge in [0.2, 0.25) is 15.9 Å². The number of rotatable bonds is 8. The summed E-state index contributed by atoms with van der Waals surface area (Å²) in [4.78, 5) is 25.5. The van der Waals surface area contributed by atoms with Crippen LogP contribution in [0.3, 0.4) is 0 Å². The fourth-order valence-electron chi connectivity index (χ4n) is 3.02. The second-order valence-electron chi connectivity index (χ2n) is 6.99. The Bertz CT molecular complexity index is 1300. The lowest BCUT2D eigenvalue weighted by atomic mass is 10.0. The molecular weight excluding hydrogens is 487 g/mol. The SMILES string of the molecule is COc1ccc(S(=O)(=O)N(C)CC(=O)Nc2ccc(Cl)cc2C(=O)c2ccccc2)cc1Cl. The standard InChI is InChI=1S/C23H20Cl2N2O5S/c1-27(33(30,31)17-9-11-21(32-2)19(25)13-17)14-22(28)26-20-10-8-16(24)12-18(20)23(29)15-6-4-3-5-7-15/h3-13H,14H2,1-2H3,(H,26,28). The monoisotopic (exact) mass is 506 g/mol.